The largest absolute Gasteiger partial charge is 0.463 e. The molecule has 7 nitrogen and oxygen atoms in total. The molecule has 1 N–H and O–H groups in total. The van der Waals surface area contributed by atoms with Gasteiger partial charge in [0.2, 0.25) is 11.8 Å². The Balaban J connectivity index is 2.83. The quantitative estimate of drug-likeness (QED) is 0.527. The van der Waals surface area contributed by atoms with Crippen molar-refractivity contribution in [3.8, 4) is 0 Å². The molecule has 1 saturated heterocycles. The maximum atomic E-state index is 13.0. The van der Waals surface area contributed by atoms with E-state index < -0.39 is 11.5 Å². The molecule has 0 aromatic carbocycles. The molecular formula is C21H37N3O4. The van der Waals surface area contributed by atoms with Crippen molar-refractivity contribution in [1.29, 1.82) is 0 Å². The molecule has 0 radical (unpaired) electrons. The van der Waals surface area contributed by atoms with Crippen molar-refractivity contribution in [1.82, 2.24) is 15.1 Å². The second-order valence-electron chi connectivity index (χ2n) is 8.63. The number of nitrogens with one attached hydrogen (secondary N) is 1. The Labute approximate surface area is 169 Å². The van der Waals surface area contributed by atoms with Gasteiger partial charge in [-0.25, -0.2) is 4.79 Å². The summed E-state index contributed by atoms with van der Waals surface area (Å²) in [5.74, 6) is -0.654. The molecule has 0 spiro atoms. The van der Waals surface area contributed by atoms with Crippen molar-refractivity contribution in [2.24, 2.45) is 5.41 Å². The van der Waals surface area contributed by atoms with Crippen LogP contribution in [0.5, 0.6) is 0 Å². The topological polar surface area (TPSA) is 79.0 Å². The molecule has 1 fully saturated rings. The van der Waals surface area contributed by atoms with Gasteiger partial charge in [0.25, 0.3) is 0 Å². The number of piperidine rings is 1. The molecule has 28 heavy (non-hydrogen) atoms. The lowest BCUT2D eigenvalue weighted by atomic mass is 9.85. The number of hydrogen-bond donors (Lipinski definition) is 1. The highest BCUT2D eigenvalue weighted by molar-refractivity contribution is 5.91. The van der Waals surface area contributed by atoms with Gasteiger partial charge < -0.3 is 15.0 Å². The Morgan fingerprint density at radius 3 is 2.46 bits per heavy atom. The van der Waals surface area contributed by atoms with Gasteiger partial charge in [-0.1, -0.05) is 33.3 Å². The van der Waals surface area contributed by atoms with Gasteiger partial charge in [0.05, 0.1) is 12.6 Å². The van der Waals surface area contributed by atoms with Crippen LogP contribution in [0.1, 0.15) is 53.9 Å². The number of hydrogen-bond acceptors (Lipinski definition) is 5. The van der Waals surface area contributed by atoms with Crippen LogP contribution in [0.25, 0.3) is 0 Å². The standard InChI is InChI=1S/C21H37N3O4/c1-8-28-20(27)15(2)12-14-24(7)19(26)17(21(3,4)5)22-18(25)16-11-9-10-13-23(16)6/h12,16-17H,8-11,13-14H2,1-7H3,(H,22,25)/b15-12+/t16-,17-/m0/s1. The first-order chi connectivity index (χ1) is 13.0. The minimum Gasteiger partial charge on any atom is -0.463 e. The highest BCUT2D eigenvalue weighted by atomic mass is 16.5. The number of carbonyl (C=O) groups excluding carboxylic acids is 3. The number of likely N-dealkylation sites (tertiary alicyclic amines) is 1. The second-order valence-corrected chi connectivity index (χ2v) is 8.63. The number of nitrogens with zero attached hydrogens (tertiary/aromatic N) is 2. The lowest BCUT2D eigenvalue weighted by molar-refractivity contribution is -0.140. The number of esters is 1. The van der Waals surface area contributed by atoms with Gasteiger partial charge in [-0.2, -0.15) is 0 Å². The van der Waals surface area contributed by atoms with Crippen molar-refractivity contribution in [2.75, 3.05) is 33.8 Å². The Morgan fingerprint density at radius 1 is 1.29 bits per heavy atom. The van der Waals surface area contributed by atoms with Crippen molar-refractivity contribution in [3.63, 3.8) is 0 Å². The van der Waals surface area contributed by atoms with Crippen LogP contribution in [0.4, 0.5) is 0 Å². The molecule has 1 heterocycles. The first kappa shape index (κ1) is 24.1. The van der Waals surface area contributed by atoms with Crippen molar-refractivity contribution in [3.05, 3.63) is 11.6 Å². The Morgan fingerprint density at radius 2 is 1.93 bits per heavy atom. The summed E-state index contributed by atoms with van der Waals surface area (Å²) in [6.07, 6.45) is 4.60. The third-order valence-corrected chi connectivity index (χ3v) is 5.12. The lowest BCUT2D eigenvalue weighted by Crippen LogP contribution is -2.58. The summed E-state index contributed by atoms with van der Waals surface area (Å²) in [6, 6.07) is -0.834. The molecule has 1 aliphatic heterocycles. The molecule has 160 valence electrons. The molecule has 0 saturated carbocycles. The SMILES string of the molecule is CCOC(=O)/C(C)=C/CN(C)C(=O)[C@H](NC(=O)[C@@H]1CCCCN1C)C(C)(C)C. The normalized spacial score (nSPS) is 19.7. The first-order valence-corrected chi connectivity index (χ1v) is 10.1. The maximum absolute atomic E-state index is 13.0. The minimum atomic E-state index is -0.642. The van der Waals surface area contributed by atoms with Crippen LogP contribution in [0, 0.1) is 5.41 Å². The molecule has 1 aliphatic rings. The van der Waals surface area contributed by atoms with Crippen molar-refractivity contribution >= 4 is 17.8 Å². The van der Waals surface area contributed by atoms with Crippen LogP contribution in [-0.4, -0.2) is 73.5 Å². The lowest BCUT2D eigenvalue weighted by Gasteiger charge is -2.37. The maximum Gasteiger partial charge on any atom is 0.333 e. The van der Waals surface area contributed by atoms with E-state index in [-0.39, 0.29) is 30.4 Å². The summed E-state index contributed by atoms with van der Waals surface area (Å²) < 4.78 is 4.96. The second kappa shape index (κ2) is 10.6. The van der Waals surface area contributed by atoms with Crippen LogP contribution in [0.3, 0.4) is 0 Å². The number of carbonyl (C=O) groups is 3. The molecule has 2 atom stereocenters. The molecule has 0 unspecified atom stereocenters. The zero-order chi connectivity index (χ0) is 21.5. The van der Waals surface area contributed by atoms with E-state index in [0.29, 0.717) is 12.2 Å². The van der Waals surface area contributed by atoms with Crippen LogP contribution in [-0.2, 0) is 19.1 Å². The smallest absolute Gasteiger partial charge is 0.333 e. The molecule has 0 bridgehead atoms. The van der Waals surface area contributed by atoms with E-state index in [1.807, 2.05) is 27.8 Å². The number of amides is 2. The summed E-state index contributed by atoms with van der Waals surface area (Å²) in [5.41, 5.74) is 0.0235. The van der Waals surface area contributed by atoms with Gasteiger partial charge in [-0.05, 0) is 45.7 Å². The predicted molar refractivity (Wildman–Crippen MR) is 110 cm³/mol. The van der Waals surface area contributed by atoms with Crippen molar-refractivity contribution < 1.29 is 19.1 Å². The fraction of sp³-hybridized carbons (Fsp3) is 0.762. The Bertz CT molecular complexity index is 595. The highest BCUT2D eigenvalue weighted by Crippen LogP contribution is 2.22. The van der Waals surface area contributed by atoms with Crippen LogP contribution < -0.4 is 5.32 Å². The average Bonchev–Trinajstić information content (AvgIpc) is 2.62. The van der Waals surface area contributed by atoms with E-state index in [1.54, 1.807) is 27.0 Å². The zero-order valence-corrected chi connectivity index (χ0v) is 18.5. The summed E-state index contributed by atoms with van der Waals surface area (Å²) in [7, 11) is 3.63. The van der Waals surface area contributed by atoms with E-state index in [2.05, 4.69) is 10.2 Å². The third kappa shape index (κ3) is 6.93. The van der Waals surface area contributed by atoms with E-state index in [1.165, 1.54) is 4.90 Å². The van der Waals surface area contributed by atoms with E-state index in [0.717, 1.165) is 25.8 Å². The Hall–Kier alpha value is -1.89. The van der Waals surface area contributed by atoms with Gasteiger partial charge in [0, 0.05) is 19.2 Å². The summed E-state index contributed by atoms with van der Waals surface area (Å²) in [5, 5.41) is 2.98. The number of rotatable bonds is 7. The molecule has 0 aliphatic carbocycles. The van der Waals surface area contributed by atoms with Gasteiger partial charge in [-0.15, -0.1) is 0 Å². The average molecular weight is 396 g/mol. The van der Waals surface area contributed by atoms with Gasteiger partial charge >= 0.3 is 5.97 Å². The molecule has 2 amide bonds. The molecule has 0 aromatic heterocycles. The molecule has 1 rings (SSSR count). The summed E-state index contributed by atoms with van der Waals surface area (Å²) >= 11 is 0. The first-order valence-electron chi connectivity index (χ1n) is 10.1. The van der Waals surface area contributed by atoms with Crippen LogP contribution in [0.2, 0.25) is 0 Å². The Kier molecular flexibility index (Phi) is 9.14. The van der Waals surface area contributed by atoms with E-state index in [9.17, 15) is 14.4 Å². The zero-order valence-electron chi connectivity index (χ0n) is 18.5. The van der Waals surface area contributed by atoms with Crippen LogP contribution in [0.15, 0.2) is 11.6 Å². The minimum absolute atomic E-state index is 0.0953. The number of ether oxygens (including phenoxy) is 1. The molecule has 0 aromatic rings. The predicted octanol–water partition coefficient (Wildman–Crippen LogP) is 1.97. The van der Waals surface area contributed by atoms with Gasteiger partial charge in [-0.3, -0.25) is 14.5 Å². The monoisotopic (exact) mass is 395 g/mol. The van der Waals surface area contributed by atoms with Gasteiger partial charge in [0.15, 0.2) is 0 Å². The summed E-state index contributed by atoms with van der Waals surface area (Å²) in [6.45, 7) is 10.7. The van der Waals surface area contributed by atoms with E-state index in [4.69, 9.17) is 4.74 Å². The number of likely N-dealkylation sites (N-methyl/N-ethyl adjacent to an activating group) is 2. The molecule has 7 heteroatoms. The highest BCUT2D eigenvalue weighted by Gasteiger charge is 2.37. The molecular weight excluding hydrogens is 358 g/mol. The fourth-order valence-corrected chi connectivity index (χ4v) is 3.21. The third-order valence-electron chi connectivity index (χ3n) is 5.12. The van der Waals surface area contributed by atoms with Crippen LogP contribution >= 0.6 is 0 Å². The van der Waals surface area contributed by atoms with E-state index >= 15 is 0 Å². The fourth-order valence-electron chi connectivity index (χ4n) is 3.21. The van der Waals surface area contributed by atoms with Crippen molar-refractivity contribution in [2.45, 2.75) is 66.0 Å². The van der Waals surface area contributed by atoms with Gasteiger partial charge in [0.1, 0.15) is 6.04 Å². The summed E-state index contributed by atoms with van der Waals surface area (Å²) in [4.78, 5) is 41.2.